The Bertz CT molecular complexity index is 1300. The summed E-state index contributed by atoms with van der Waals surface area (Å²) < 4.78 is 81.4. The van der Waals surface area contributed by atoms with Crippen LogP contribution in [0.15, 0.2) is 0 Å². The molecule has 262 valence electrons. The second-order valence-electron chi connectivity index (χ2n) is 14.5. The molecule has 0 amide bonds. The number of esters is 4. The van der Waals surface area contributed by atoms with Crippen molar-refractivity contribution in [2.45, 2.75) is 123 Å². The summed E-state index contributed by atoms with van der Waals surface area (Å²) in [5.41, 5.74) is -0.707. The van der Waals surface area contributed by atoms with Crippen molar-refractivity contribution in [2.24, 2.45) is 46.3 Å². The van der Waals surface area contributed by atoms with Crippen LogP contribution in [-0.4, -0.2) is 67.0 Å². The zero-order valence-corrected chi connectivity index (χ0v) is 28.2. The molecule has 4 aliphatic carbocycles. The van der Waals surface area contributed by atoms with E-state index in [-0.39, 0.29) is 77.9 Å². The number of alkyl halides is 2. The van der Waals surface area contributed by atoms with Crippen LogP contribution in [0.4, 0.5) is 8.78 Å². The average molecular weight is 678 g/mol. The lowest BCUT2D eigenvalue weighted by molar-refractivity contribution is -0.224. The third-order valence-corrected chi connectivity index (χ3v) is 12.8. The Morgan fingerprint density at radius 1 is 0.913 bits per heavy atom. The lowest BCUT2D eigenvalue weighted by Gasteiger charge is -2.64. The van der Waals surface area contributed by atoms with E-state index >= 15 is 0 Å². The van der Waals surface area contributed by atoms with E-state index in [4.69, 9.17) is 14.2 Å². The SMILES string of the molecule is CC(=O)OC1CC[C@@]2(C)[C@@H](C1)CC(OC(C)=O)[C@@H]1[C@@H]2CC(OC(C)=O)[C@]2(C)[C@@H]([C@H](C)CCC(=O)OCC(F)(F)S(=O)(=O)[O-])CC[C@@H]12. The summed E-state index contributed by atoms with van der Waals surface area (Å²) in [5.74, 6) is -2.12. The van der Waals surface area contributed by atoms with Gasteiger partial charge in [0.2, 0.25) is 0 Å². The predicted molar refractivity (Wildman–Crippen MR) is 157 cm³/mol. The Balaban J connectivity index is 1.58. The molecule has 0 aliphatic heterocycles. The maximum absolute atomic E-state index is 13.5. The highest BCUT2D eigenvalue weighted by atomic mass is 32.2. The topological polar surface area (TPSA) is 162 Å². The molecule has 4 fully saturated rings. The highest BCUT2D eigenvalue weighted by Crippen LogP contribution is 2.69. The number of rotatable bonds is 10. The molecule has 4 rings (SSSR count). The molecule has 0 N–H and O–H groups in total. The van der Waals surface area contributed by atoms with Gasteiger partial charge in [-0.05, 0) is 86.4 Å². The number of halogens is 2. The number of fused-ring (bicyclic) bond motifs is 5. The fraction of sp³-hybridized carbons (Fsp3) is 0.875. The first kappa shape index (κ1) is 36.5. The van der Waals surface area contributed by atoms with Crippen molar-refractivity contribution >= 4 is 34.0 Å². The zero-order valence-electron chi connectivity index (χ0n) is 27.4. The highest BCUT2D eigenvalue weighted by molar-refractivity contribution is 7.86. The Hall–Kier alpha value is -2.35. The number of hydrogen-bond donors (Lipinski definition) is 0. The van der Waals surface area contributed by atoms with Crippen LogP contribution in [0.1, 0.15) is 99.3 Å². The summed E-state index contributed by atoms with van der Waals surface area (Å²) in [5, 5.41) is -4.72. The first-order valence-electron chi connectivity index (χ1n) is 16.2. The van der Waals surface area contributed by atoms with E-state index in [0.29, 0.717) is 19.3 Å². The molecule has 14 heteroatoms. The van der Waals surface area contributed by atoms with Crippen LogP contribution in [0.2, 0.25) is 0 Å². The van der Waals surface area contributed by atoms with Crippen molar-refractivity contribution in [3.05, 3.63) is 0 Å². The standard InChI is InChI=1S/C32H48F2O11S/c1-17(7-10-28(38)42-16-32(33,34)46(39,40)41)23-8-9-24-29-25(15-27(31(23,24)6)45-20(4)37)30(5)12-11-22(43-18(2)35)13-21(30)14-26(29)44-19(3)36/h17,21-27,29H,7-16H2,1-6H3,(H,39,40,41)/p-1/t17-,21+,22?,23-,24+,25+,26?,27?,29+,30+,31-/m1/s1. The monoisotopic (exact) mass is 677 g/mol. The Labute approximate surface area is 269 Å². The zero-order chi connectivity index (χ0) is 34.4. The molecule has 4 saturated carbocycles. The van der Waals surface area contributed by atoms with Gasteiger partial charge in [-0.1, -0.05) is 20.8 Å². The van der Waals surface area contributed by atoms with Gasteiger partial charge in [0, 0.05) is 38.5 Å². The van der Waals surface area contributed by atoms with Crippen molar-refractivity contribution < 1.29 is 59.9 Å². The normalized spacial score (nSPS) is 37.9. The number of carbonyl (C=O) groups excluding carboxylic acids is 4. The number of carbonyl (C=O) groups is 4. The molecule has 4 aliphatic rings. The third-order valence-electron chi connectivity index (χ3n) is 12.0. The molecule has 11 atom stereocenters. The van der Waals surface area contributed by atoms with Gasteiger partial charge in [0.15, 0.2) is 16.7 Å². The summed E-state index contributed by atoms with van der Waals surface area (Å²) in [6.45, 7) is 8.64. The molecular formula is C32H47F2O11S-. The van der Waals surface area contributed by atoms with E-state index in [0.717, 1.165) is 25.7 Å². The molecule has 0 bridgehead atoms. The van der Waals surface area contributed by atoms with Gasteiger partial charge in [0.1, 0.15) is 18.3 Å². The van der Waals surface area contributed by atoms with Gasteiger partial charge < -0.3 is 23.5 Å². The lowest BCUT2D eigenvalue weighted by Crippen LogP contribution is -2.63. The minimum atomic E-state index is -5.97. The van der Waals surface area contributed by atoms with Gasteiger partial charge in [-0.25, -0.2) is 8.42 Å². The average Bonchev–Trinajstić information content (AvgIpc) is 3.28. The maximum atomic E-state index is 13.5. The Kier molecular flexibility index (Phi) is 10.5. The van der Waals surface area contributed by atoms with Crippen LogP contribution in [0.3, 0.4) is 0 Å². The summed E-state index contributed by atoms with van der Waals surface area (Å²) >= 11 is 0. The first-order valence-corrected chi connectivity index (χ1v) is 17.6. The van der Waals surface area contributed by atoms with Crippen molar-refractivity contribution in [2.75, 3.05) is 6.61 Å². The minimum absolute atomic E-state index is 0.00864. The summed E-state index contributed by atoms with van der Waals surface area (Å²) in [7, 11) is -5.97. The van der Waals surface area contributed by atoms with E-state index < -0.39 is 45.4 Å². The van der Waals surface area contributed by atoms with Crippen molar-refractivity contribution in [3.8, 4) is 0 Å². The summed E-state index contributed by atoms with van der Waals surface area (Å²) in [4.78, 5) is 49.0. The van der Waals surface area contributed by atoms with Crippen LogP contribution >= 0.6 is 0 Å². The smallest absolute Gasteiger partial charge is 0.367 e. The van der Waals surface area contributed by atoms with Crippen molar-refractivity contribution in [3.63, 3.8) is 0 Å². The largest absolute Gasteiger partial charge is 0.743 e. The van der Waals surface area contributed by atoms with Crippen molar-refractivity contribution in [1.82, 2.24) is 0 Å². The van der Waals surface area contributed by atoms with Gasteiger partial charge in [-0.3, -0.25) is 19.2 Å². The van der Waals surface area contributed by atoms with Gasteiger partial charge in [0.05, 0.1) is 0 Å². The number of ether oxygens (including phenoxy) is 4. The van der Waals surface area contributed by atoms with Crippen LogP contribution in [0.25, 0.3) is 0 Å². The van der Waals surface area contributed by atoms with E-state index in [1.807, 2.05) is 6.92 Å². The van der Waals surface area contributed by atoms with E-state index in [1.54, 1.807) is 0 Å². The van der Waals surface area contributed by atoms with Crippen LogP contribution in [0.5, 0.6) is 0 Å². The molecule has 0 spiro atoms. The maximum Gasteiger partial charge on any atom is 0.367 e. The predicted octanol–water partition coefficient (Wildman–Crippen LogP) is 4.76. The van der Waals surface area contributed by atoms with Gasteiger partial charge in [-0.15, -0.1) is 0 Å². The lowest BCUT2D eigenvalue weighted by atomic mass is 9.43. The highest BCUT2D eigenvalue weighted by Gasteiger charge is 2.67. The van der Waals surface area contributed by atoms with Crippen LogP contribution < -0.4 is 0 Å². The number of hydrogen-bond acceptors (Lipinski definition) is 11. The minimum Gasteiger partial charge on any atom is -0.743 e. The Morgan fingerprint density at radius 3 is 2.13 bits per heavy atom. The first-order chi connectivity index (χ1) is 21.2. The molecule has 0 aromatic carbocycles. The van der Waals surface area contributed by atoms with E-state index in [9.17, 15) is 40.9 Å². The molecule has 11 nitrogen and oxygen atoms in total. The molecule has 0 aromatic heterocycles. The molecule has 0 aromatic rings. The van der Waals surface area contributed by atoms with Crippen LogP contribution in [-0.2, 0) is 48.2 Å². The van der Waals surface area contributed by atoms with E-state index in [1.165, 1.54) is 20.8 Å². The second-order valence-corrected chi connectivity index (χ2v) is 16.0. The van der Waals surface area contributed by atoms with E-state index in [2.05, 4.69) is 18.6 Å². The van der Waals surface area contributed by atoms with Gasteiger partial charge >= 0.3 is 29.1 Å². The Morgan fingerprint density at radius 2 is 1.54 bits per heavy atom. The van der Waals surface area contributed by atoms with Crippen LogP contribution in [0, 0.1) is 46.3 Å². The molecule has 46 heavy (non-hydrogen) atoms. The van der Waals surface area contributed by atoms with Crippen molar-refractivity contribution in [1.29, 1.82) is 0 Å². The fourth-order valence-electron chi connectivity index (χ4n) is 9.97. The fourth-order valence-corrected chi connectivity index (χ4v) is 10.2. The molecule has 0 heterocycles. The third kappa shape index (κ3) is 7.07. The second kappa shape index (κ2) is 13.3. The van der Waals surface area contributed by atoms with Gasteiger partial charge in [-0.2, -0.15) is 8.78 Å². The quantitative estimate of drug-likeness (QED) is 0.178. The molecule has 0 radical (unpaired) electrons. The molecule has 0 saturated heterocycles. The summed E-state index contributed by atoms with van der Waals surface area (Å²) in [6.07, 6.45) is 3.85. The molecule has 3 unspecified atom stereocenters. The summed E-state index contributed by atoms with van der Waals surface area (Å²) in [6, 6.07) is 0. The van der Waals surface area contributed by atoms with Gasteiger partial charge in [0.25, 0.3) is 0 Å². The molecular weight excluding hydrogens is 630 g/mol.